The average molecular weight is 369 g/mol. The third-order valence-corrected chi connectivity index (χ3v) is 4.91. The minimum absolute atomic E-state index is 0.0415. The van der Waals surface area contributed by atoms with Crippen LogP contribution in [-0.4, -0.2) is 39.7 Å². The van der Waals surface area contributed by atoms with E-state index in [9.17, 15) is 4.79 Å². The molecule has 1 amide bonds. The number of nitrogen functional groups attached to an aromatic ring is 1. The lowest BCUT2D eigenvalue weighted by atomic mass is 10.2. The highest BCUT2D eigenvalue weighted by molar-refractivity contribution is 7.99. The summed E-state index contributed by atoms with van der Waals surface area (Å²) in [7, 11) is 1.63. The topological polar surface area (TPSA) is 105 Å². The largest absolute Gasteiger partial charge is 0.497 e. The van der Waals surface area contributed by atoms with Crippen molar-refractivity contribution >= 4 is 23.5 Å². The molecule has 0 unspecified atom stereocenters. The van der Waals surface area contributed by atoms with Crippen molar-refractivity contribution in [3.8, 4) is 11.8 Å². The molecule has 1 aromatic heterocycles. The van der Waals surface area contributed by atoms with E-state index in [1.54, 1.807) is 7.11 Å². The Kier molecular flexibility index (Phi) is 5.58. The van der Waals surface area contributed by atoms with Gasteiger partial charge < -0.3 is 15.4 Å². The van der Waals surface area contributed by atoms with Crippen molar-refractivity contribution in [3.63, 3.8) is 0 Å². The second-order valence-corrected chi connectivity index (χ2v) is 6.90. The predicted molar refractivity (Wildman–Crippen MR) is 98.4 cm³/mol. The van der Waals surface area contributed by atoms with Crippen LogP contribution in [0, 0.1) is 11.3 Å². The molecule has 0 saturated heterocycles. The van der Waals surface area contributed by atoms with E-state index in [0.717, 1.165) is 24.2 Å². The van der Waals surface area contributed by atoms with Gasteiger partial charge in [0.15, 0.2) is 5.16 Å². The number of methoxy groups -OCH3 is 1. The number of rotatable bonds is 7. The summed E-state index contributed by atoms with van der Waals surface area (Å²) in [5.41, 5.74) is 6.99. The summed E-state index contributed by atoms with van der Waals surface area (Å²) in [5, 5.41) is 9.25. The molecule has 0 spiro atoms. The third-order valence-electron chi connectivity index (χ3n) is 4.06. The molecule has 1 aliphatic carbocycles. The molecule has 1 fully saturated rings. The summed E-state index contributed by atoms with van der Waals surface area (Å²) in [6.45, 7) is 0.574. The van der Waals surface area contributed by atoms with Crippen LogP contribution >= 0.6 is 11.8 Å². The minimum Gasteiger partial charge on any atom is -0.497 e. The smallest absolute Gasteiger partial charge is 0.233 e. The number of benzene rings is 1. The fourth-order valence-electron chi connectivity index (χ4n) is 2.48. The summed E-state index contributed by atoms with van der Waals surface area (Å²) in [6.07, 6.45) is 3.45. The van der Waals surface area contributed by atoms with Crippen LogP contribution in [0.1, 0.15) is 24.0 Å². The summed E-state index contributed by atoms with van der Waals surface area (Å²) in [6, 6.07) is 9.96. The summed E-state index contributed by atoms with van der Waals surface area (Å²) in [5.74, 6) is 1.21. The lowest BCUT2D eigenvalue weighted by molar-refractivity contribution is -0.129. The zero-order chi connectivity index (χ0) is 18.5. The quantitative estimate of drug-likeness (QED) is 0.589. The molecule has 3 rings (SSSR count). The molecule has 1 aliphatic rings. The number of nitrogens with two attached hydrogens (primary N) is 1. The third kappa shape index (κ3) is 4.43. The van der Waals surface area contributed by atoms with E-state index in [1.165, 1.54) is 18.0 Å². The van der Waals surface area contributed by atoms with Crippen LogP contribution < -0.4 is 10.5 Å². The first kappa shape index (κ1) is 18.0. The summed E-state index contributed by atoms with van der Waals surface area (Å²) < 4.78 is 5.17. The Hall–Kier alpha value is -2.79. The summed E-state index contributed by atoms with van der Waals surface area (Å²) in [4.78, 5) is 22.7. The van der Waals surface area contributed by atoms with Gasteiger partial charge in [0, 0.05) is 12.6 Å². The van der Waals surface area contributed by atoms with Crippen LogP contribution in [0.2, 0.25) is 0 Å². The van der Waals surface area contributed by atoms with Gasteiger partial charge in [0.05, 0.1) is 19.1 Å². The number of thioether (sulfide) groups is 1. The number of amides is 1. The SMILES string of the molecule is COc1ccc(CN(C(=O)CSc2ncc(C#N)c(N)n2)C2CC2)cc1. The fraction of sp³-hybridized carbons (Fsp3) is 0.333. The molecule has 26 heavy (non-hydrogen) atoms. The lowest BCUT2D eigenvalue weighted by Gasteiger charge is -2.22. The van der Waals surface area contributed by atoms with Gasteiger partial charge in [-0.25, -0.2) is 9.97 Å². The fourth-order valence-corrected chi connectivity index (χ4v) is 3.19. The van der Waals surface area contributed by atoms with Gasteiger partial charge in [0.2, 0.25) is 5.91 Å². The zero-order valence-corrected chi connectivity index (χ0v) is 15.2. The van der Waals surface area contributed by atoms with Crippen LogP contribution in [0.4, 0.5) is 5.82 Å². The van der Waals surface area contributed by atoms with Gasteiger partial charge in [0.25, 0.3) is 0 Å². The molecular formula is C18H19N5O2S. The molecule has 7 nitrogen and oxygen atoms in total. The number of carbonyl (C=O) groups is 1. The Morgan fingerprint density at radius 2 is 2.15 bits per heavy atom. The highest BCUT2D eigenvalue weighted by atomic mass is 32.2. The number of nitrogens with zero attached hydrogens (tertiary/aromatic N) is 4. The van der Waals surface area contributed by atoms with Crippen molar-refractivity contribution in [2.24, 2.45) is 0 Å². The number of carbonyl (C=O) groups excluding carboxylic acids is 1. The molecular weight excluding hydrogens is 350 g/mol. The van der Waals surface area contributed by atoms with Crippen molar-refractivity contribution in [2.45, 2.75) is 30.6 Å². The Morgan fingerprint density at radius 3 is 2.73 bits per heavy atom. The second kappa shape index (κ2) is 8.06. The number of hydrogen-bond acceptors (Lipinski definition) is 7. The van der Waals surface area contributed by atoms with Crippen molar-refractivity contribution in [3.05, 3.63) is 41.6 Å². The van der Waals surface area contributed by atoms with Crippen LogP contribution in [-0.2, 0) is 11.3 Å². The summed E-state index contributed by atoms with van der Waals surface area (Å²) >= 11 is 1.23. The normalized spacial score (nSPS) is 13.1. The molecule has 1 aromatic carbocycles. The number of hydrogen-bond donors (Lipinski definition) is 1. The molecule has 134 valence electrons. The van der Waals surface area contributed by atoms with Gasteiger partial charge in [-0.3, -0.25) is 4.79 Å². The minimum atomic E-state index is 0.0415. The van der Waals surface area contributed by atoms with E-state index < -0.39 is 0 Å². The number of aromatic nitrogens is 2. The van der Waals surface area contributed by atoms with E-state index in [-0.39, 0.29) is 23.0 Å². The molecule has 2 aromatic rings. The van der Waals surface area contributed by atoms with Crippen LogP contribution in [0.15, 0.2) is 35.6 Å². The Labute approximate surface area is 156 Å². The zero-order valence-electron chi connectivity index (χ0n) is 14.4. The predicted octanol–water partition coefficient (Wildman–Crippen LogP) is 2.22. The van der Waals surface area contributed by atoms with E-state index in [0.29, 0.717) is 17.7 Å². The highest BCUT2D eigenvalue weighted by Crippen LogP contribution is 2.30. The maximum absolute atomic E-state index is 12.7. The first-order chi connectivity index (χ1) is 12.6. The van der Waals surface area contributed by atoms with Gasteiger partial charge in [0.1, 0.15) is 23.2 Å². The van der Waals surface area contributed by atoms with Gasteiger partial charge in [-0.1, -0.05) is 23.9 Å². The van der Waals surface area contributed by atoms with Gasteiger partial charge in [-0.2, -0.15) is 5.26 Å². The Morgan fingerprint density at radius 1 is 1.42 bits per heavy atom. The molecule has 0 bridgehead atoms. The molecule has 0 aliphatic heterocycles. The Bertz CT molecular complexity index is 830. The molecule has 0 atom stereocenters. The molecule has 0 radical (unpaired) electrons. The maximum Gasteiger partial charge on any atom is 0.233 e. The number of ether oxygens (including phenoxy) is 1. The highest BCUT2D eigenvalue weighted by Gasteiger charge is 2.32. The van der Waals surface area contributed by atoms with E-state index in [2.05, 4.69) is 9.97 Å². The van der Waals surface area contributed by atoms with Crippen LogP contribution in [0.3, 0.4) is 0 Å². The van der Waals surface area contributed by atoms with Crippen molar-refractivity contribution in [2.75, 3.05) is 18.6 Å². The number of anilines is 1. The molecule has 1 heterocycles. The lowest BCUT2D eigenvalue weighted by Crippen LogP contribution is -2.34. The molecule has 2 N–H and O–H groups in total. The van der Waals surface area contributed by atoms with E-state index in [1.807, 2.05) is 35.2 Å². The Balaban J connectivity index is 1.62. The first-order valence-electron chi connectivity index (χ1n) is 8.18. The van der Waals surface area contributed by atoms with Crippen molar-refractivity contribution < 1.29 is 9.53 Å². The van der Waals surface area contributed by atoms with Crippen molar-refractivity contribution in [1.29, 1.82) is 5.26 Å². The molecule has 8 heteroatoms. The van der Waals surface area contributed by atoms with Gasteiger partial charge in [-0.05, 0) is 30.5 Å². The second-order valence-electron chi connectivity index (χ2n) is 5.95. The van der Waals surface area contributed by atoms with E-state index in [4.69, 9.17) is 15.7 Å². The monoisotopic (exact) mass is 369 g/mol. The van der Waals surface area contributed by atoms with Crippen LogP contribution in [0.5, 0.6) is 5.75 Å². The maximum atomic E-state index is 12.7. The first-order valence-corrected chi connectivity index (χ1v) is 9.17. The van der Waals surface area contributed by atoms with Crippen LogP contribution in [0.25, 0.3) is 0 Å². The number of nitriles is 1. The van der Waals surface area contributed by atoms with E-state index >= 15 is 0 Å². The standard InChI is InChI=1S/C18H19N5O2S/c1-25-15-6-2-12(3-7-15)10-23(14-4-5-14)16(24)11-26-18-21-9-13(8-19)17(20)22-18/h2-3,6-7,9,14H,4-5,10-11H2,1H3,(H2,20,21,22). The van der Waals surface area contributed by atoms with Gasteiger partial charge in [-0.15, -0.1) is 0 Å². The van der Waals surface area contributed by atoms with Gasteiger partial charge >= 0.3 is 0 Å². The molecule has 1 saturated carbocycles. The van der Waals surface area contributed by atoms with Crippen molar-refractivity contribution in [1.82, 2.24) is 14.9 Å². The average Bonchev–Trinajstić information content (AvgIpc) is 3.50.